The molecular formula is C11H20N4O. The van der Waals surface area contributed by atoms with Crippen molar-refractivity contribution in [3.63, 3.8) is 0 Å². The van der Waals surface area contributed by atoms with Crippen molar-refractivity contribution in [1.29, 1.82) is 0 Å². The monoisotopic (exact) mass is 224 g/mol. The van der Waals surface area contributed by atoms with Crippen LogP contribution in [0.1, 0.15) is 20.8 Å². The summed E-state index contributed by atoms with van der Waals surface area (Å²) < 4.78 is 1.85. The Labute approximate surface area is 96.5 Å². The predicted octanol–water partition coefficient (Wildman–Crippen LogP) is 1.09. The number of amides is 1. The van der Waals surface area contributed by atoms with E-state index in [2.05, 4.69) is 10.3 Å². The first-order valence-electron chi connectivity index (χ1n) is 5.62. The van der Waals surface area contributed by atoms with Gasteiger partial charge in [-0.3, -0.25) is 4.79 Å². The van der Waals surface area contributed by atoms with E-state index in [0.717, 1.165) is 13.1 Å². The number of likely N-dealkylation sites (N-methyl/N-ethyl adjacent to an activating group) is 1. The van der Waals surface area contributed by atoms with Crippen LogP contribution in [-0.2, 0) is 11.8 Å². The standard InChI is InChI=1S/C11H20N4O/c1-5-15(6-2)10(16)9(3)13-11-12-7-8-14(11)4/h7-9H,5-6H2,1-4H3,(H,12,13). The van der Waals surface area contributed by atoms with Gasteiger partial charge < -0.3 is 14.8 Å². The molecule has 5 nitrogen and oxygen atoms in total. The van der Waals surface area contributed by atoms with E-state index >= 15 is 0 Å². The molecule has 0 aliphatic heterocycles. The molecule has 0 saturated carbocycles. The van der Waals surface area contributed by atoms with Gasteiger partial charge in [-0.1, -0.05) is 0 Å². The number of nitrogens with zero attached hydrogens (tertiary/aromatic N) is 3. The Morgan fingerprint density at radius 3 is 2.62 bits per heavy atom. The number of rotatable bonds is 5. The van der Waals surface area contributed by atoms with Gasteiger partial charge in [-0.2, -0.15) is 0 Å². The van der Waals surface area contributed by atoms with Gasteiger partial charge in [0.15, 0.2) is 0 Å². The zero-order chi connectivity index (χ0) is 12.1. The average Bonchev–Trinajstić information content (AvgIpc) is 2.66. The van der Waals surface area contributed by atoms with Crippen molar-refractivity contribution in [2.75, 3.05) is 18.4 Å². The lowest BCUT2D eigenvalue weighted by Crippen LogP contribution is -2.41. The molecule has 90 valence electrons. The van der Waals surface area contributed by atoms with E-state index in [1.807, 2.05) is 38.6 Å². The molecule has 1 rings (SSSR count). The van der Waals surface area contributed by atoms with Crippen LogP contribution in [0.25, 0.3) is 0 Å². The van der Waals surface area contributed by atoms with E-state index in [1.165, 1.54) is 0 Å². The van der Waals surface area contributed by atoms with Crippen molar-refractivity contribution in [3.8, 4) is 0 Å². The van der Waals surface area contributed by atoms with Crippen LogP contribution in [0, 0.1) is 0 Å². The Bertz CT molecular complexity index is 344. The fourth-order valence-electron chi connectivity index (χ4n) is 1.57. The number of anilines is 1. The molecule has 5 heteroatoms. The molecule has 16 heavy (non-hydrogen) atoms. The first-order chi connectivity index (χ1) is 7.60. The lowest BCUT2D eigenvalue weighted by atomic mass is 10.3. The number of imidazole rings is 1. The zero-order valence-electron chi connectivity index (χ0n) is 10.4. The summed E-state index contributed by atoms with van der Waals surface area (Å²) >= 11 is 0. The van der Waals surface area contributed by atoms with Gasteiger partial charge in [-0.25, -0.2) is 4.98 Å². The summed E-state index contributed by atoms with van der Waals surface area (Å²) in [4.78, 5) is 17.9. The molecule has 1 amide bonds. The van der Waals surface area contributed by atoms with Gasteiger partial charge in [0.2, 0.25) is 11.9 Å². The van der Waals surface area contributed by atoms with Gasteiger partial charge in [0, 0.05) is 32.5 Å². The van der Waals surface area contributed by atoms with E-state index in [1.54, 1.807) is 11.1 Å². The van der Waals surface area contributed by atoms with Crippen molar-refractivity contribution in [2.45, 2.75) is 26.8 Å². The normalized spacial score (nSPS) is 12.2. The van der Waals surface area contributed by atoms with Crippen LogP contribution < -0.4 is 5.32 Å². The Hall–Kier alpha value is -1.52. The van der Waals surface area contributed by atoms with E-state index < -0.39 is 0 Å². The molecule has 1 unspecified atom stereocenters. The Balaban J connectivity index is 2.62. The minimum atomic E-state index is -0.249. The topological polar surface area (TPSA) is 50.2 Å². The van der Waals surface area contributed by atoms with E-state index in [0.29, 0.717) is 5.95 Å². The number of aromatic nitrogens is 2. The summed E-state index contributed by atoms with van der Waals surface area (Å²) in [6, 6.07) is -0.249. The average molecular weight is 224 g/mol. The third kappa shape index (κ3) is 2.74. The third-order valence-corrected chi connectivity index (χ3v) is 2.61. The second-order valence-corrected chi connectivity index (χ2v) is 3.74. The summed E-state index contributed by atoms with van der Waals surface area (Å²) in [5, 5.41) is 3.10. The number of nitrogens with one attached hydrogen (secondary N) is 1. The molecule has 0 radical (unpaired) electrons. The number of hydrogen-bond acceptors (Lipinski definition) is 3. The number of carbonyl (C=O) groups is 1. The van der Waals surface area contributed by atoms with Crippen molar-refractivity contribution >= 4 is 11.9 Å². The molecule has 0 saturated heterocycles. The largest absolute Gasteiger partial charge is 0.344 e. The van der Waals surface area contributed by atoms with Gasteiger partial charge in [0.05, 0.1) is 0 Å². The van der Waals surface area contributed by atoms with E-state index in [9.17, 15) is 4.79 Å². The SMILES string of the molecule is CCN(CC)C(=O)C(C)Nc1nccn1C. The van der Waals surface area contributed by atoms with Gasteiger partial charge in [0.1, 0.15) is 6.04 Å². The minimum Gasteiger partial charge on any atom is -0.344 e. The smallest absolute Gasteiger partial charge is 0.244 e. The fraction of sp³-hybridized carbons (Fsp3) is 0.636. The molecule has 0 aromatic carbocycles. The zero-order valence-corrected chi connectivity index (χ0v) is 10.4. The van der Waals surface area contributed by atoms with Crippen LogP contribution in [0.5, 0.6) is 0 Å². The van der Waals surface area contributed by atoms with Crippen molar-refractivity contribution in [1.82, 2.24) is 14.5 Å². The molecule has 1 aromatic heterocycles. The van der Waals surface area contributed by atoms with Crippen molar-refractivity contribution in [3.05, 3.63) is 12.4 Å². The number of carbonyl (C=O) groups excluding carboxylic acids is 1. The maximum atomic E-state index is 12.0. The summed E-state index contributed by atoms with van der Waals surface area (Å²) in [5.74, 6) is 0.820. The summed E-state index contributed by atoms with van der Waals surface area (Å²) in [6.45, 7) is 7.29. The van der Waals surface area contributed by atoms with Crippen molar-refractivity contribution < 1.29 is 4.79 Å². The third-order valence-electron chi connectivity index (χ3n) is 2.61. The molecular weight excluding hydrogens is 204 g/mol. The summed E-state index contributed by atoms with van der Waals surface area (Å²) in [7, 11) is 1.89. The lowest BCUT2D eigenvalue weighted by molar-refractivity contribution is -0.131. The molecule has 1 heterocycles. The minimum absolute atomic E-state index is 0.105. The number of hydrogen-bond donors (Lipinski definition) is 1. The fourth-order valence-corrected chi connectivity index (χ4v) is 1.57. The van der Waals surface area contributed by atoms with Crippen LogP contribution in [0.3, 0.4) is 0 Å². The summed E-state index contributed by atoms with van der Waals surface area (Å²) in [6.07, 6.45) is 3.55. The summed E-state index contributed by atoms with van der Waals surface area (Å²) in [5.41, 5.74) is 0. The molecule has 0 fully saturated rings. The molecule has 0 spiro atoms. The van der Waals surface area contributed by atoms with Crippen molar-refractivity contribution in [2.24, 2.45) is 7.05 Å². The Kier molecular flexibility index (Phi) is 4.34. The maximum Gasteiger partial charge on any atom is 0.244 e. The van der Waals surface area contributed by atoms with Crippen LogP contribution in [-0.4, -0.2) is 39.5 Å². The van der Waals surface area contributed by atoms with Gasteiger partial charge in [0.25, 0.3) is 0 Å². The molecule has 1 N–H and O–H groups in total. The van der Waals surface area contributed by atoms with E-state index in [4.69, 9.17) is 0 Å². The van der Waals surface area contributed by atoms with Crippen LogP contribution in [0.15, 0.2) is 12.4 Å². The molecule has 0 aliphatic rings. The highest BCUT2D eigenvalue weighted by Gasteiger charge is 2.18. The molecule has 0 aliphatic carbocycles. The highest BCUT2D eigenvalue weighted by atomic mass is 16.2. The highest BCUT2D eigenvalue weighted by molar-refractivity contribution is 5.83. The lowest BCUT2D eigenvalue weighted by Gasteiger charge is -2.23. The predicted molar refractivity (Wildman–Crippen MR) is 64.2 cm³/mol. The molecule has 1 aromatic rings. The van der Waals surface area contributed by atoms with Gasteiger partial charge in [-0.05, 0) is 20.8 Å². The highest BCUT2D eigenvalue weighted by Crippen LogP contribution is 2.05. The Morgan fingerprint density at radius 1 is 1.56 bits per heavy atom. The van der Waals surface area contributed by atoms with Crippen LogP contribution in [0.4, 0.5) is 5.95 Å². The maximum absolute atomic E-state index is 12.0. The van der Waals surface area contributed by atoms with Crippen LogP contribution in [0.2, 0.25) is 0 Å². The first-order valence-corrected chi connectivity index (χ1v) is 5.62. The number of aryl methyl sites for hydroxylation is 1. The van der Waals surface area contributed by atoms with Gasteiger partial charge >= 0.3 is 0 Å². The first kappa shape index (κ1) is 12.5. The molecule has 1 atom stereocenters. The van der Waals surface area contributed by atoms with E-state index in [-0.39, 0.29) is 11.9 Å². The quantitative estimate of drug-likeness (QED) is 0.814. The molecule has 0 bridgehead atoms. The van der Waals surface area contributed by atoms with Crippen LogP contribution >= 0.6 is 0 Å². The second kappa shape index (κ2) is 5.53. The second-order valence-electron chi connectivity index (χ2n) is 3.74. The Morgan fingerprint density at radius 2 is 2.19 bits per heavy atom. The van der Waals surface area contributed by atoms with Gasteiger partial charge in [-0.15, -0.1) is 0 Å².